The van der Waals surface area contributed by atoms with E-state index in [1.165, 1.54) is 33.1 Å². The number of aliphatic hydroxyl groups is 2. The van der Waals surface area contributed by atoms with Crippen LogP contribution in [0.1, 0.15) is 19.3 Å². The van der Waals surface area contributed by atoms with Crippen molar-refractivity contribution in [2.24, 2.45) is 0 Å². The molecule has 0 radical (unpaired) electrons. The van der Waals surface area contributed by atoms with E-state index in [1.54, 1.807) is 0 Å². The van der Waals surface area contributed by atoms with Crippen molar-refractivity contribution in [1.82, 2.24) is 15.2 Å². The molecule has 10 nitrogen and oxygen atoms in total. The Hall–Kier alpha value is -1.02. The molecule has 1 heterocycles. The number of rotatable bonds is 15. The molecule has 0 fully saturated rings. The number of H-pyrrole nitrogens is 1. The maximum atomic E-state index is 12.0. The van der Waals surface area contributed by atoms with E-state index < -0.39 is 14.9 Å². The number of carbonyl (C=O) groups is 1. The third-order valence-corrected chi connectivity index (χ3v) is 7.31. The van der Waals surface area contributed by atoms with Crippen LogP contribution in [0.3, 0.4) is 0 Å². The number of aromatic amines is 1. The molecule has 150 valence electrons. The van der Waals surface area contributed by atoms with Crippen LogP contribution >= 0.6 is 11.8 Å². The lowest BCUT2D eigenvalue weighted by molar-refractivity contribution is -0.120. The number of hydrogen-bond acceptors (Lipinski definition) is 10. The van der Waals surface area contributed by atoms with Crippen LogP contribution in [-0.2, 0) is 18.1 Å². The van der Waals surface area contributed by atoms with E-state index >= 15 is 0 Å². The number of Topliss-reactive ketones (excluding diaryl/α,β-unsaturated/α-hetero) is 1. The summed E-state index contributed by atoms with van der Waals surface area (Å²) >= 11 is 1.34. The zero-order chi connectivity index (χ0) is 19.4. The summed E-state index contributed by atoms with van der Waals surface area (Å²) in [5.41, 5.74) is 0. The summed E-state index contributed by atoms with van der Waals surface area (Å²) in [6.45, 7) is 0.232. The molecule has 0 saturated carbocycles. The lowest BCUT2D eigenvalue weighted by atomic mass is 10.1. The molecule has 1 unspecified atom stereocenters. The van der Waals surface area contributed by atoms with E-state index in [9.17, 15) is 9.90 Å². The summed E-state index contributed by atoms with van der Waals surface area (Å²) in [6.07, 6.45) is 0.130. The molecule has 0 spiro atoms. The Labute approximate surface area is 158 Å². The number of aromatic nitrogens is 3. The summed E-state index contributed by atoms with van der Waals surface area (Å²) < 4.78 is 15.9. The first-order valence-electron chi connectivity index (χ1n) is 8.24. The Bertz CT molecular complexity index is 523. The highest BCUT2D eigenvalue weighted by molar-refractivity contribution is 7.99. The van der Waals surface area contributed by atoms with Gasteiger partial charge in [-0.3, -0.25) is 4.79 Å². The van der Waals surface area contributed by atoms with Crippen molar-refractivity contribution in [2.45, 2.75) is 36.6 Å². The summed E-state index contributed by atoms with van der Waals surface area (Å²) in [4.78, 5) is 14.9. The Balaban J connectivity index is 2.26. The first-order chi connectivity index (χ1) is 12.5. The van der Waals surface area contributed by atoms with Gasteiger partial charge in [0.05, 0.1) is 12.7 Å². The van der Waals surface area contributed by atoms with Gasteiger partial charge >= 0.3 is 8.80 Å². The maximum absolute atomic E-state index is 12.0. The van der Waals surface area contributed by atoms with E-state index in [-0.39, 0.29) is 25.4 Å². The smallest absolute Gasteiger partial charge is 0.396 e. The molecular weight excluding hydrogens is 380 g/mol. The number of nitrogens with zero attached hydrogens (tertiary/aromatic N) is 2. The molecule has 0 amide bonds. The minimum atomic E-state index is -2.65. The Morgan fingerprint density at radius 3 is 2.62 bits per heavy atom. The predicted molar refractivity (Wildman–Crippen MR) is 99.1 cm³/mol. The molecule has 0 aliphatic rings. The molecule has 0 aromatic carbocycles. The van der Waals surface area contributed by atoms with Crippen molar-refractivity contribution in [3.63, 3.8) is 0 Å². The number of ketones is 1. The quantitative estimate of drug-likeness (QED) is 0.236. The van der Waals surface area contributed by atoms with E-state index in [0.29, 0.717) is 35.7 Å². The standard InChI is InChI=1S/C14H28N4O6SSi/c1-22-26(23-2,24-3)8-4-5-11(20)9-12(21)10-15-13-16-14(18-17-13)25-7-6-19/h12,19,21H,4-10H2,1-3H3,(H2,15,16,17,18). The largest absolute Gasteiger partial charge is 0.500 e. The van der Waals surface area contributed by atoms with Gasteiger partial charge in [-0.05, 0) is 6.42 Å². The van der Waals surface area contributed by atoms with Crippen LogP contribution in [0, 0.1) is 0 Å². The number of nitrogens with one attached hydrogen (secondary N) is 2. The van der Waals surface area contributed by atoms with Crippen molar-refractivity contribution < 1.29 is 28.3 Å². The topological polar surface area (TPSA) is 139 Å². The summed E-state index contributed by atoms with van der Waals surface area (Å²) in [5.74, 6) is 0.890. The second-order valence-electron chi connectivity index (χ2n) is 5.48. The molecule has 1 aromatic rings. The van der Waals surface area contributed by atoms with E-state index in [4.69, 9.17) is 18.4 Å². The molecule has 0 bridgehead atoms. The van der Waals surface area contributed by atoms with E-state index in [1.807, 2.05) is 0 Å². The molecule has 1 atom stereocenters. The van der Waals surface area contributed by atoms with Crippen molar-refractivity contribution >= 4 is 32.3 Å². The molecular formula is C14H28N4O6SSi. The van der Waals surface area contributed by atoms with Crippen LogP contribution in [0.25, 0.3) is 0 Å². The van der Waals surface area contributed by atoms with Crippen molar-refractivity contribution in [2.75, 3.05) is 45.6 Å². The summed E-state index contributed by atoms with van der Waals surface area (Å²) in [5, 5.41) is 30.0. The van der Waals surface area contributed by atoms with Gasteiger partial charge in [0.25, 0.3) is 0 Å². The highest BCUT2D eigenvalue weighted by Crippen LogP contribution is 2.17. The highest BCUT2D eigenvalue weighted by Gasteiger charge is 2.37. The van der Waals surface area contributed by atoms with Gasteiger partial charge in [0.2, 0.25) is 5.95 Å². The monoisotopic (exact) mass is 408 g/mol. The van der Waals surface area contributed by atoms with Crippen LogP contribution in [0.4, 0.5) is 5.95 Å². The number of thioether (sulfide) groups is 1. The first-order valence-corrected chi connectivity index (χ1v) is 11.2. The zero-order valence-electron chi connectivity index (χ0n) is 15.4. The normalized spacial score (nSPS) is 13.0. The van der Waals surface area contributed by atoms with Gasteiger partial charge in [-0.2, -0.15) is 0 Å². The molecule has 1 rings (SSSR count). The summed E-state index contributed by atoms with van der Waals surface area (Å²) in [7, 11) is 1.95. The van der Waals surface area contributed by atoms with Gasteiger partial charge in [-0.15, -0.1) is 10.2 Å². The Morgan fingerprint density at radius 2 is 2.00 bits per heavy atom. The van der Waals surface area contributed by atoms with Crippen LogP contribution in [0.5, 0.6) is 0 Å². The van der Waals surface area contributed by atoms with Crippen LogP contribution in [0.2, 0.25) is 6.04 Å². The fourth-order valence-electron chi connectivity index (χ4n) is 2.24. The first kappa shape index (κ1) is 23.0. The van der Waals surface area contributed by atoms with Gasteiger partial charge < -0.3 is 33.8 Å². The number of carbonyl (C=O) groups excluding carboxylic acids is 1. The molecule has 0 aliphatic carbocycles. The Morgan fingerprint density at radius 1 is 1.31 bits per heavy atom. The lowest BCUT2D eigenvalue weighted by Gasteiger charge is -2.24. The highest BCUT2D eigenvalue weighted by atomic mass is 32.2. The number of anilines is 1. The molecule has 12 heteroatoms. The van der Waals surface area contributed by atoms with Gasteiger partial charge in [-0.1, -0.05) is 11.8 Å². The average Bonchev–Trinajstić information content (AvgIpc) is 3.10. The molecule has 26 heavy (non-hydrogen) atoms. The van der Waals surface area contributed by atoms with Gasteiger partial charge in [0.1, 0.15) is 5.78 Å². The van der Waals surface area contributed by atoms with Gasteiger partial charge in [-0.25, -0.2) is 0 Å². The van der Waals surface area contributed by atoms with Gasteiger partial charge in [0.15, 0.2) is 5.16 Å². The zero-order valence-corrected chi connectivity index (χ0v) is 17.2. The third-order valence-electron chi connectivity index (χ3n) is 3.64. The lowest BCUT2D eigenvalue weighted by Crippen LogP contribution is -2.42. The van der Waals surface area contributed by atoms with Crippen molar-refractivity contribution in [1.29, 1.82) is 0 Å². The predicted octanol–water partition coefficient (Wildman–Crippen LogP) is 0.279. The van der Waals surface area contributed by atoms with Crippen molar-refractivity contribution in [3.8, 4) is 0 Å². The molecule has 4 N–H and O–H groups in total. The fraction of sp³-hybridized carbons (Fsp3) is 0.786. The second kappa shape index (κ2) is 12.4. The van der Waals surface area contributed by atoms with Crippen LogP contribution < -0.4 is 5.32 Å². The Kier molecular flexibility index (Phi) is 11.0. The average molecular weight is 409 g/mol. The third kappa shape index (κ3) is 8.12. The molecule has 0 aliphatic heterocycles. The van der Waals surface area contributed by atoms with E-state index in [0.717, 1.165) is 0 Å². The van der Waals surface area contributed by atoms with Gasteiger partial charge in [0, 0.05) is 52.5 Å². The van der Waals surface area contributed by atoms with E-state index in [2.05, 4.69) is 20.5 Å². The maximum Gasteiger partial charge on any atom is 0.500 e. The number of hydrogen-bond donors (Lipinski definition) is 4. The minimum absolute atomic E-state index is 0.0396. The van der Waals surface area contributed by atoms with Crippen LogP contribution in [-0.4, -0.2) is 86.3 Å². The van der Waals surface area contributed by atoms with Crippen LogP contribution in [0.15, 0.2) is 5.16 Å². The molecule has 0 saturated heterocycles. The number of aliphatic hydroxyl groups excluding tert-OH is 2. The minimum Gasteiger partial charge on any atom is -0.396 e. The molecule has 1 aromatic heterocycles. The SMILES string of the molecule is CO[Si](CCCC(=O)CC(O)CNc1nnc(SCCO)[nH]1)(OC)OC. The summed E-state index contributed by atoms with van der Waals surface area (Å²) in [6, 6.07) is 0.545. The fourth-order valence-corrected chi connectivity index (χ4v) is 4.52. The van der Waals surface area contributed by atoms with Crippen molar-refractivity contribution in [3.05, 3.63) is 0 Å². The second-order valence-corrected chi connectivity index (χ2v) is 9.65.